The molecule has 0 spiro atoms. The fraction of sp³-hybridized carbons (Fsp3) is 0.389. The second kappa shape index (κ2) is 6.58. The third kappa shape index (κ3) is 3.09. The summed E-state index contributed by atoms with van der Waals surface area (Å²) >= 11 is 0. The summed E-state index contributed by atoms with van der Waals surface area (Å²) in [6, 6.07) is 5.52. The van der Waals surface area contributed by atoms with E-state index in [1.165, 1.54) is 12.4 Å². The van der Waals surface area contributed by atoms with Crippen LogP contribution in [0.3, 0.4) is 0 Å². The highest BCUT2D eigenvalue weighted by Crippen LogP contribution is 2.33. The number of likely N-dealkylation sites (tertiary alicyclic amines) is 2. The highest BCUT2D eigenvalue weighted by Gasteiger charge is 2.44. The molecular weight excluding hydrogens is 318 g/mol. The van der Waals surface area contributed by atoms with Gasteiger partial charge in [0.1, 0.15) is 0 Å². The molecule has 2 aromatic heterocycles. The van der Waals surface area contributed by atoms with Crippen LogP contribution >= 0.6 is 0 Å². The normalized spacial score (nSPS) is 22.8. The van der Waals surface area contributed by atoms with E-state index in [-0.39, 0.29) is 23.7 Å². The van der Waals surface area contributed by atoms with Gasteiger partial charge in [0.25, 0.3) is 5.91 Å². The largest absolute Gasteiger partial charge is 0.338 e. The van der Waals surface area contributed by atoms with E-state index in [0.29, 0.717) is 25.2 Å². The third-order valence-electron chi connectivity index (χ3n) is 5.05. The Morgan fingerprint density at radius 3 is 2.84 bits per heavy atom. The number of amides is 2. The lowest BCUT2D eigenvalue weighted by atomic mass is 9.88. The first-order valence-corrected chi connectivity index (χ1v) is 8.46. The van der Waals surface area contributed by atoms with Gasteiger partial charge in [0.15, 0.2) is 0 Å². The van der Waals surface area contributed by atoms with Crippen LogP contribution in [0.2, 0.25) is 0 Å². The number of rotatable bonds is 3. The first kappa shape index (κ1) is 15.7. The summed E-state index contributed by atoms with van der Waals surface area (Å²) in [7, 11) is 0. The molecule has 4 heterocycles. The van der Waals surface area contributed by atoms with Crippen molar-refractivity contribution < 1.29 is 9.59 Å². The predicted molar refractivity (Wildman–Crippen MR) is 89.2 cm³/mol. The van der Waals surface area contributed by atoms with Crippen molar-refractivity contribution >= 4 is 11.8 Å². The fourth-order valence-corrected chi connectivity index (χ4v) is 3.74. The van der Waals surface area contributed by atoms with Crippen LogP contribution in [0.5, 0.6) is 0 Å². The predicted octanol–water partition coefficient (Wildman–Crippen LogP) is 0.992. The van der Waals surface area contributed by atoms with Gasteiger partial charge in [0.05, 0.1) is 23.9 Å². The summed E-state index contributed by atoms with van der Waals surface area (Å²) in [6.45, 7) is 2.43. The summed E-state index contributed by atoms with van der Waals surface area (Å²) in [5.41, 5.74) is 1.55. The molecule has 25 heavy (non-hydrogen) atoms. The molecule has 7 heteroatoms. The van der Waals surface area contributed by atoms with Crippen LogP contribution in [0.25, 0.3) is 0 Å². The van der Waals surface area contributed by atoms with Crippen molar-refractivity contribution in [1.29, 1.82) is 0 Å². The molecule has 128 valence electrons. The second-order valence-corrected chi connectivity index (χ2v) is 6.62. The SMILES string of the molecule is O=C(c1ccnnc1)N1C[C@@H]2CCN(Cc3cccnc3)C(=O)[C@H]2C1. The van der Waals surface area contributed by atoms with E-state index < -0.39 is 0 Å². The molecule has 7 nitrogen and oxygen atoms in total. The molecule has 0 aliphatic carbocycles. The summed E-state index contributed by atoms with van der Waals surface area (Å²) in [5, 5.41) is 7.47. The van der Waals surface area contributed by atoms with Gasteiger partial charge >= 0.3 is 0 Å². The average Bonchev–Trinajstić information content (AvgIpc) is 3.10. The van der Waals surface area contributed by atoms with Crippen molar-refractivity contribution in [2.24, 2.45) is 11.8 Å². The minimum Gasteiger partial charge on any atom is -0.338 e. The molecule has 0 aromatic carbocycles. The Balaban J connectivity index is 1.44. The molecule has 0 radical (unpaired) electrons. The number of piperidine rings is 1. The van der Waals surface area contributed by atoms with Gasteiger partial charge in [-0.2, -0.15) is 10.2 Å². The highest BCUT2D eigenvalue weighted by atomic mass is 16.2. The summed E-state index contributed by atoms with van der Waals surface area (Å²) in [6.07, 6.45) is 7.43. The standard InChI is InChI=1S/C18H19N5O2/c24-17(14-3-6-20-21-9-14)23-11-15-4-7-22(18(25)16(15)12-23)10-13-2-1-5-19-8-13/h1-3,5-6,8-9,15-16H,4,7,10-12H2/t15-,16-/m0/s1. The third-order valence-corrected chi connectivity index (χ3v) is 5.05. The van der Waals surface area contributed by atoms with Crippen LogP contribution in [0, 0.1) is 11.8 Å². The second-order valence-electron chi connectivity index (χ2n) is 6.62. The molecule has 0 N–H and O–H groups in total. The summed E-state index contributed by atoms with van der Waals surface area (Å²) < 4.78 is 0. The van der Waals surface area contributed by atoms with Gasteiger partial charge in [-0.3, -0.25) is 14.6 Å². The smallest absolute Gasteiger partial charge is 0.255 e. The maximum Gasteiger partial charge on any atom is 0.255 e. The number of fused-ring (bicyclic) bond motifs is 1. The van der Waals surface area contributed by atoms with Crippen molar-refractivity contribution in [3.05, 3.63) is 54.1 Å². The molecule has 0 bridgehead atoms. The van der Waals surface area contributed by atoms with Gasteiger partial charge in [0, 0.05) is 38.6 Å². The van der Waals surface area contributed by atoms with Gasteiger partial charge in [0.2, 0.25) is 5.91 Å². The van der Waals surface area contributed by atoms with E-state index in [4.69, 9.17) is 0 Å². The van der Waals surface area contributed by atoms with Gasteiger partial charge < -0.3 is 9.80 Å². The van der Waals surface area contributed by atoms with Crippen LogP contribution in [0.4, 0.5) is 0 Å². The van der Waals surface area contributed by atoms with Crippen LogP contribution in [0.1, 0.15) is 22.3 Å². The molecule has 0 unspecified atom stereocenters. The van der Waals surface area contributed by atoms with Crippen molar-refractivity contribution in [3.8, 4) is 0 Å². The van der Waals surface area contributed by atoms with E-state index in [1.807, 2.05) is 17.0 Å². The average molecular weight is 337 g/mol. The van der Waals surface area contributed by atoms with Gasteiger partial charge in [-0.1, -0.05) is 6.07 Å². The Hall–Kier alpha value is -2.83. The number of pyridine rings is 1. The van der Waals surface area contributed by atoms with Crippen LogP contribution in [0.15, 0.2) is 43.0 Å². The zero-order chi connectivity index (χ0) is 17.2. The number of nitrogens with zero attached hydrogens (tertiary/aromatic N) is 5. The Labute approximate surface area is 145 Å². The van der Waals surface area contributed by atoms with Gasteiger partial charge in [-0.25, -0.2) is 0 Å². The Morgan fingerprint density at radius 2 is 2.08 bits per heavy atom. The Kier molecular flexibility index (Phi) is 4.13. The molecule has 2 aliphatic rings. The van der Waals surface area contributed by atoms with E-state index in [0.717, 1.165) is 18.5 Å². The van der Waals surface area contributed by atoms with Crippen molar-refractivity contribution in [1.82, 2.24) is 25.0 Å². The Morgan fingerprint density at radius 1 is 1.16 bits per heavy atom. The highest BCUT2D eigenvalue weighted by molar-refractivity contribution is 5.94. The van der Waals surface area contributed by atoms with Crippen LogP contribution < -0.4 is 0 Å². The minimum absolute atomic E-state index is 0.0732. The maximum absolute atomic E-state index is 12.9. The van der Waals surface area contributed by atoms with Crippen LogP contribution in [-0.4, -0.2) is 56.4 Å². The lowest BCUT2D eigenvalue weighted by molar-refractivity contribution is -0.140. The molecule has 2 amide bonds. The molecule has 2 fully saturated rings. The Bertz CT molecular complexity index is 768. The molecule has 2 atom stereocenters. The van der Waals surface area contributed by atoms with Gasteiger partial charge in [-0.05, 0) is 30.0 Å². The topological polar surface area (TPSA) is 79.3 Å². The molecule has 4 rings (SSSR count). The first-order valence-electron chi connectivity index (χ1n) is 8.46. The molecule has 0 saturated carbocycles. The quantitative estimate of drug-likeness (QED) is 0.834. The van der Waals surface area contributed by atoms with E-state index in [1.54, 1.807) is 23.4 Å². The first-order chi connectivity index (χ1) is 12.2. The van der Waals surface area contributed by atoms with E-state index in [2.05, 4.69) is 15.2 Å². The minimum atomic E-state index is -0.107. The van der Waals surface area contributed by atoms with E-state index >= 15 is 0 Å². The summed E-state index contributed by atoms with van der Waals surface area (Å²) in [5.74, 6) is 0.208. The van der Waals surface area contributed by atoms with Gasteiger partial charge in [-0.15, -0.1) is 0 Å². The maximum atomic E-state index is 12.9. The molecular formula is C18H19N5O2. The lowest BCUT2D eigenvalue weighted by Gasteiger charge is -2.33. The molecule has 2 aliphatic heterocycles. The number of hydrogen-bond donors (Lipinski definition) is 0. The fourth-order valence-electron chi connectivity index (χ4n) is 3.74. The monoisotopic (exact) mass is 337 g/mol. The lowest BCUT2D eigenvalue weighted by Crippen LogP contribution is -2.44. The zero-order valence-corrected chi connectivity index (χ0v) is 13.8. The van der Waals surface area contributed by atoms with E-state index in [9.17, 15) is 9.59 Å². The number of carbonyl (C=O) groups is 2. The van der Waals surface area contributed by atoms with Crippen molar-refractivity contribution in [2.75, 3.05) is 19.6 Å². The van der Waals surface area contributed by atoms with Crippen molar-refractivity contribution in [3.63, 3.8) is 0 Å². The number of aromatic nitrogens is 3. The molecule has 2 saturated heterocycles. The van der Waals surface area contributed by atoms with Crippen LogP contribution in [-0.2, 0) is 11.3 Å². The number of carbonyl (C=O) groups excluding carboxylic acids is 2. The molecule has 2 aromatic rings. The summed E-state index contributed by atoms with van der Waals surface area (Å²) in [4.78, 5) is 33.2. The van der Waals surface area contributed by atoms with Crippen molar-refractivity contribution in [2.45, 2.75) is 13.0 Å². The zero-order valence-electron chi connectivity index (χ0n) is 13.8. The number of hydrogen-bond acceptors (Lipinski definition) is 5.